The third kappa shape index (κ3) is 1.34. The highest BCUT2D eigenvalue weighted by molar-refractivity contribution is 5.73. The average molecular weight is 201 g/mol. The predicted molar refractivity (Wildman–Crippen MR) is 59.7 cm³/mol. The Morgan fingerprint density at radius 1 is 1.33 bits per heavy atom. The molecule has 0 radical (unpaired) electrons. The molecule has 0 spiro atoms. The first-order chi connectivity index (χ1) is 7.28. The summed E-state index contributed by atoms with van der Waals surface area (Å²) in [5, 5.41) is 0. The van der Waals surface area contributed by atoms with Crippen LogP contribution in [-0.4, -0.2) is 15.0 Å². The quantitative estimate of drug-likeness (QED) is 0.770. The lowest BCUT2D eigenvalue weighted by molar-refractivity contribution is 0.465. The number of hydrogen-bond donors (Lipinski definition) is 1. The Morgan fingerprint density at radius 2 is 2.13 bits per heavy atom. The standard InChI is InChI=1S/C12H15N3/c1-12(5-2-3-6-12)11-14-9-4-7-13-8-10(9)15-11/h4,7-8H,2-3,5-6H2,1H3,(H,14,15). The summed E-state index contributed by atoms with van der Waals surface area (Å²) in [6.07, 6.45) is 8.80. The zero-order chi connectivity index (χ0) is 10.3. The van der Waals surface area contributed by atoms with Crippen LogP contribution in [0.5, 0.6) is 0 Å². The van der Waals surface area contributed by atoms with Crippen LogP contribution in [0, 0.1) is 0 Å². The molecule has 2 heterocycles. The number of pyridine rings is 1. The van der Waals surface area contributed by atoms with Crippen LogP contribution < -0.4 is 0 Å². The number of nitrogens with zero attached hydrogens (tertiary/aromatic N) is 2. The van der Waals surface area contributed by atoms with E-state index in [1.807, 2.05) is 12.3 Å². The molecule has 0 unspecified atom stereocenters. The molecule has 1 N–H and O–H groups in total. The minimum atomic E-state index is 0.263. The number of fused-ring (bicyclic) bond motifs is 1. The Bertz CT molecular complexity index is 447. The van der Waals surface area contributed by atoms with Crippen molar-refractivity contribution in [1.29, 1.82) is 0 Å². The Morgan fingerprint density at radius 3 is 2.87 bits per heavy atom. The van der Waals surface area contributed by atoms with Gasteiger partial charge in [0.25, 0.3) is 0 Å². The maximum absolute atomic E-state index is 4.67. The van der Waals surface area contributed by atoms with E-state index in [1.54, 1.807) is 6.20 Å². The number of aromatic amines is 1. The molecule has 2 aromatic rings. The van der Waals surface area contributed by atoms with Crippen molar-refractivity contribution in [2.75, 3.05) is 0 Å². The van der Waals surface area contributed by atoms with E-state index in [4.69, 9.17) is 0 Å². The van der Waals surface area contributed by atoms with Gasteiger partial charge in [-0.15, -0.1) is 0 Å². The van der Waals surface area contributed by atoms with Crippen LogP contribution in [0.2, 0.25) is 0 Å². The van der Waals surface area contributed by atoms with E-state index in [0.29, 0.717) is 0 Å². The van der Waals surface area contributed by atoms with Crippen molar-refractivity contribution in [2.45, 2.75) is 38.0 Å². The topological polar surface area (TPSA) is 41.6 Å². The molecule has 0 aliphatic heterocycles. The van der Waals surface area contributed by atoms with Crippen molar-refractivity contribution in [1.82, 2.24) is 15.0 Å². The maximum atomic E-state index is 4.67. The number of rotatable bonds is 1. The molecule has 1 fully saturated rings. The van der Waals surface area contributed by atoms with Crippen molar-refractivity contribution in [3.05, 3.63) is 24.3 Å². The van der Waals surface area contributed by atoms with Gasteiger partial charge in [-0.25, -0.2) is 4.98 Å². The third-order valence-corrected chi connectivity index (χ3v) is 3.56. The van der Waals surface area contributed by atoms with Gasteiger partial charge in [0.2, 0.25) is 0 Å². The van der Waals surface area contributed by atoms with Gasteiger partial charge in [0.15, 0.2) is 0 Å². The van der Waals surface area contributed by atoms with Gasteiger partial charge < -0.3 is 4.98 Å². The number of aromatic nitrogens is 3. The molecule has 2 aromatic heterocycles. The molecule has 1 aliphatic rings. The summed E-state index contributed by atoms with van der Waals surface area (Å²) in [5.74, 6) is 1.14. The smallest absolute Gasteiger partial charge is 0.113 e. The molecule has 15 heavy (non-hydrogen) atoms. The largest absolute Gasteiger partial charge is 0.340 e. The first-order valence-corrected chi connectivity index (χ1v) is 5.58. The van der Waals surface area contributed by atoms with Crippen molar-refractivity contribution in [2.24, 2.45) is 0 Å². The highest BCUT2D eigenvalue weighted by Gasteiger charge is 2.33. The van der Waals surface area contributed by atoms with Gasteiger partial charge in [-0.1, -0.05) is 19.8 Å². The summed E-state index contributed by atoms with van der Waals surface area (Å²) in [7, 11) is 0. The van der Waals surface area contributed by atoms with Gasteiger partial charge in [0.1, 0.15) is 5.82 Å². The highest BCUT2D eigenvalue weighted by Crippen LogP contribution is 2.39. The maximum Gasteiger partial charge on any atom is 0.113 e. The van der Waals surface area contributed by atoms with E-state index in [9.17, 15) is 0 Å². The van der Waals surface area contributed by atoms with Gasteiger partial charge in [-0.05, 0) is 18.9 Å². The molecule has 0 aromatic carbocycles. The fourth-order valence-corrected chi connectivity index (χ4v) is 2.53. The van der Waals surface area contributed by atoms with Gasteiger partial charge in [-0.2, -0.15) is 0 Å². The summed E-state index contributed by atoms with van der Waals surface area (Å²) >= 11 is 0. The van der Waals surface area contributed by atoms with E-state index < -0.39 is 0 Å². The van der Waals surface area contributed by atoms with Crippen molar-refractivity contribution < 1.29 is 0 Å². The van der Waals surface area contributed by atoms with Gasteiger partial charge in [-0.3, -0.25) is 4.98 Å². The predicted octanol–water partition coefficient (Wildman–Crippen LogP) is 2.79. The fourth-order valence-electron chi connectivity index (χ4n) is 2.53. The van der Waals surface area contributed by atoms with Crippen LogP contribution >= 0.6 is 0 Å². The van der Waals surface area contributed by atoms with Crippen molar-refractivity contribution in [3.8, 4) is 0 Å². The number of H-pyrrole nitrogens is 1. The lowest BCUT2D eigenvalue weighted by atomic mass is 9.88. The van der Waals surface area contributed by atoms with Crippen LogP contribution in [0.3, 0.4) is 0 Å². The molecule has 1 saturated carbocycles. The number of nitrogens with one attached hydrogen (secondary N) is 1. The molecule has 0 atom stereocenters. The summed E-state index contributed by atoms with van der Waals surface area (Å²) in [6.45, 7) is 2.31. The minimum absolute atomic E-state index is 0.263. The monoisotopic (exact) mass is 201 g/mol. The van der Waals surface area contributed by atoms with Gasteiger partial charge in [0, 0.05) is 11.6 Å². The lowest BCUT2D eigenvalue weighted by Gasteiger charge is -2.19. The second-order valence-corrected chi connectivity index (χ2v) is 4.75. The Labute approximate surface area is 88.9 Å². The van der Waals surface area contributed by atoms with Crippen LogP contribution in [-0.2, 0) is 5.41 Å². The van der Waals surface area contributed by atoms with Gasteiger partial charge in [0.05, 0.1) is 17.2 Å². The number of imidazole rings is 1. The summed E-state index contributed by atoms with van der Waals surface area (Å²) < 4.78 is 0. The molecule has 1 aliphatic carbocycles. The summed E-state index contributed by atoms with van der Waals surface area (Å²) in [4.78, 5) is 12.2. The zero-order valence-corrected chi connectivity index (χ0v) is 8.95. The highest BCUT2D eigenvalue weighted by atomic mass is 14.9. The van der Waals surface area contributed by atoms with E-state index in [-0.39, 0.29) is 5.41 Å². The van der Waals surface area contributed by atoms with Crippen LogP contribution in [0.1, 0.15) is 38.4 Å². The van der Waals surface area contributed by atoms with Crippen LogP contribution in [0.25, 0.3) is 11.0 Å². The molecular weight excluding hydrogens is 186 g/mol. The minimum Gasteiger partial charge on any atom is -0.340 e. The van der Waals surface area contributed by atoms with Crippen molar-refractivity contribution in [3.63, 3.8) is 0 Å². The van der Waals surface area contributed by atoms with E-state index in [2.05, 4.69) is 21.9 Å². The number of hydrogen-bond acceptors (Lipinski definition) is 2. The molecule has 78 valence electrons. The average Bonchev–Trinajstić information content (AvgIpc) is 2.84. The SMILES string of the molecule is CC1(c2nc3ccncc3[nH]2)CCCC1. The normalized spacial score (nSPS) is 19.8. The molecule has 0 amide bonds. The summed E-state index contributed by atoms with van der Waals surface area (Å²) in [6, 6.07) is 1.97. The second-order valence-electron chi connectivity index (χ2n) is 4.75. The molecule has 3 heteroatoms. The van der Waals surface area contributed by atoms with Crippen molar-refractivity contribution >= 4 is 11.0 Å². The van der Waals surface area contributed by atoms with E-state index in [1.165, 1.54) is 25.7 Å². The Kier molecular flexibility index (Phi) is 1.81. The molecule has 3 rings (SSSR count). The second kappa shape index (κ2) is 3.05. The summed E-state index contributed by atoms with van der Waals surface area (Å²) in [5.41, 5.74) is 2.35. The first kappa shape index (κ1) is 8.89. The molecule has 0 saturated heterocycles. The van der Waals surface area contributed by atoms with Crippen LogP contribution in [0.15, 0.2) is 18.5 Å². The first-order valence-electron chi connectivity index (χ1n) is 5.58. The molecular formula is C12H15N3. The third-order valence-electron chi connectivity index (χ3n) is 3.56. The van der Waals surface area contributed by atoms with Crippen LogP contribution in [0.4, 0.5) is 0 Å². The van der Waals surface area contributed by atoms with E-state index >= 15 is 0 Å². The zero-order valence-electron chi connectivity index (χ0n) is 8.95. The van der Waals surface area contributed by atoms with E-state index in [0.717, 1.165) is 16.9 Å². The fraction of sp³-hybridized carbons (Fsp3) is 0.500. The van der Waals surface area contributed by atoms with Gasteiger partial charge >= 0.3 is 0 Å². The lowest BCUT2D eigenvalue weighted by Crippen LogP contribution is -2.18. The molecule has 0 bridgehead atoms. The Hall–Kier alpha value is -1.38. The Balaban J connectivity index is 2.11. The molecule has 3 nitrogen and oxygen atoms in total.